The van der Waals surface area contributed by atoms with Crippen molar-refractivity contribution in [2.75, 3.05) is 0 Å². The van der Waals surface area contributed by atoms with Crippen LogP contribution in [0.25, 0.3) is 0 Å². The lowest BCUT2D eigenvalue weighted by atomic mass is 9.94. The summed E-state index contributed by atoms with van der Waals surface area (Å²) in [4.78, 5) is 0.551. The van der Waals surface area contributed by atoms with Gasteiger partial charge in [-0.25, -0.2) is 13.1 Å². The standard InChI is InChI=1S/C12H16N2O2S2/c1-8-7-10(5-6-11(8)12(13)17)18(15,16)14-9-3-2-4-9/h5-7,9,14H,2-4H2,1H3,(H2,13,17). The molecule has 1 saturated carbocycles. The van der Waals surface area contributed by atoms with Gasteiger partial charge >= 0.3 is 0 Å². The zero-order chi connectivity index (χ0) is 13.3. The highest BCUT2D eigenvalue weighted by molar-refractivity contribution is 7.89. The number of nitrogens with one attached hydrogen (secondary N) is 1. The first-order chi connectivity index (χ1) is 8.40. The average molecular weight is 284 g/mol. The van der Waals surface area contributed by atoms with Gasteiger partial charge in [0.2, 0.25) is 10.0 Å². The second kappa shape index (κ2) is 4.95. The number of rotatable bonds is 4. The molecule has 1 fully saturated rings. The lowest BCUT2D eigenvalue weighted by molar-refractivity contribution is 0.383. The van der Waals surface area contributed by atoms with Gasteiger partial charge in [-0.15, -0.1) is 0 Å². The van der Waals surface area contributed by atoms with E-state index in [1.807, 2.05) is 0 Å². The van der Waals surface area contributed by atoms with Crippen molar-refractivity contribution in [3.05, 3.63) is 29.3 Å². The van der Waals surface area contributed by atoms with Gasteiger partial charge in [0.25, 0.3) is 0 Å². The summed E-state index contributed by atoms with van der Waals surface area (Å²) in [7, 11) is -3.42. The lowest BCUT2D eigenvalue weighted by Crippen LogP contribution is -2.39. The lowest BCUT2D eigenvalue weighted by Gasteiger charge is -2.26. The van der Waals surface area contributed by atoms with Crippen molar-refractivity contribution in [1.82, 2.24) is 4.72 Å². The highest BCUT2D eigenvalue weighted by atomic mass is 32.2. The molecule has 1 aliphatic carbocycles. The van der Waals surface area contributed by atoms with Gasteiger partial charge in [-0.1, -0.05) is 24.7 Å². The minimum atomic E-state index is -3.42. The molecular weight excluding hydrogens is 268 g/mol. The van der Waals surface area contributed by atoms with Crippen LogP contribution in [-0.4, -0.2) is 19.4 Å². The molecule has 0 bridgehead atoms. The van der Waals surface area contributed by atoms with Crippen LogP contribution in [0.4, 0.5) is 0 Å². The zero-order valence-corrected chi connectivity index (χ0v) is 11.8. The summed E-state index contributed by atoms with van der Waals surface area (Å²) in [6.07, 6.45) is 2.93. The molecule has 98 valence electrons. The van der Waals surface area contributed by atoms with E-state index < -0.39 is 10.0 Å². The van der Waals surface area contributed by atoms with E-state index in [0.717, 1.165) is 24.8 Å². The predicted molar refractivity (Wildman–Crippen MR) is 75.0 cm³/mol. The molecule has 0 spiro atoms. The van der Waals surface area contributed by atoms with E-state index in [-0.39, 0.29) is 15.9 Å². The zero-order valence-electron chi connectivity index (χ0n) is 10.1. The molecule has 18 heavy (non-hydrogen) atoms. The van der Waals surface area contributed by atoms with E-state index in [4.69, 9.17) is 18.0 Å². The monoisotopic (exact) mass is 284 g/mol. The van der Waals surface area contributed by atoms with Crippen molar-refractivity contribution in [3.8, 4) is 0 Å². The summed E-state index contributed by atoms with van der Waals surface area (Å²) >= 11 is 4.90. The number of nitrogens with two attached hydrogens (primary N) is 1. The molecule has 1 aromatic carbocycles. The van der Waals surface area contributed by atoms with Gasteiger partial charge in [0.15, 0.2) is 0 Å². The summed E-state index contributed by atoms with van der Waals surface area (Å²) in [5.41, 5.74) is 7.04. The number of hydrogen-bond acceptors (Lipinski definition) is 3. The van der Waals surface area contributed by atoms with E-state index in [1.54, 1.807) is 25.1 Å². The first-order valence-electron chi connectivity index (χ1n) is 5.83. The molecular formula is C12H16N2O2S2. The summed E-state index contributed by atoms with van der Waals surface area (Å²) in [5.74, 6) is 0. The van der Waals surface area contributed by atoms with Crippen molar-refractivity contribution in [3.63, 3.8) is 0 Å². The van der Waals surface area contributed by atoms with Crippen LogP contribution in [0.3, 0.4) is 0 Å². The second-order valence-electron chi connectivity index (χ2n) is 4.59. The molecule has 0 atom stereocenters. The summed E-state index contributed by atoms with van der Waals surface area (Å²) in [6.45, 7) is 1.80. The van der Waals surface area contributed by atoms with Crippen LogP contribution < -0.4 is 10.5 Å². The maximum absolute atomic E-state index is 12.1. The van der Waals surface area contributed by atoms with Crippen molar-refractivity contribution in [2.45, 2.75) is 37.1 Å². The Labute approximate surface area is 113 Å². The molecule has 1 aliphatic rings. The Morgan fingerprint density at radius 2 is 2.11 bits per heavy atom. The molecule has 3 N–H and O–H groups in total. The maximum Gasteiger partial charge on any atom is 0.240 e. The van der Waals surface area contributed by atoms with Gasteiger partial charge < -0.3 is 5.73 Å². The van der Waals surface area contributed by atoms with E-state index in [0.29, 0.717) is 5.56 Å². The highest BCUT2D eigenvalue weighted by Crippen LogP contribution is 2.22. The van der Waals surface area contributed by atoms with Crippen LogP contribution in [0.5, 0.6) is 0 Å². The summed E-state index contributed by atoms with van der Waals surface area (Å²) in [5, 5.41) is 0. The third kappa shape index (κ3) is 2.71. The molecule has 0 aliphatic heterocycles. The number of hydrogen-bond donors (Lipinski definition) is 2. The van der Waals surface area contributed by atoms with Gasteiger partial charge in [0.05, 0.1) is 4.90 Å². The fourth-order valence-electron chi connectivity index (χ4n) is 1.89. The van der Waals surface area contributed by atoms with E-state index in [9.17, 15) is 8.42 Å². The molecule has 0 amide bonds. The molecule has 1 aromatic rings. The molecule has 0 heterocycles. The third-order valence-corrected chi connectivity index (χ3v) is 4.94. The second-order valence-corrected chi connectivity index (χ2v) is 6.74. The van der Waals surface area contributed by atoms with Crippen LogP contribution in [0, 0.1) is 6.92 Å². The van der Waals surface area contributed by atoms with Gasteiger partial charge in [-0.05, 0) is 37.5 Å². The number of benzene rings is 1. The van der Waals surface area contributed by atoms with E-state index in [1.165, 1.54) is 0 Å². The fraction of sp³-hybridized carbons (Fsp3) is 0.417. The van der Waals surface area contributed by atoms with Crippen LogP contribution in [0.2, 0.25) is 0 Å². The maximum atomic E-state index is 12.1. The summed E-state index contributed by atoms with van der Waals surface area (Å²) < 4.78 is 26.9. The Kier molecular flexibility index (Phi) is 3.70. The van der Waals surface area contributed by atoms with Gasteiger partial charge in [-0.2, -0.15) is 0 Å². The Balaban J connectivity index is 2.27. The predicted octanol–water partition coefficient (Wildman–Crippen LogP) is 1.46. The van der Waals surface area contributed by atoms with Crippen LogP contribution in [0.15, 0.2) is 23.1 Å². The van der Waals surface area contributed by atoms with E-state index in [2.05, 4.69) is 4.72 Å². The minimum Gasteiger partial charge on any atom is -0.389 e. The molecule has 2 rings (SSSR count). The number of thiocarbonyl (C=S) groups is 1. The smallest absolute Gasteiger partial charge is 0.240 e. The van der Waals surface area contributed by atoms with Crippen molar-refractivity contribution in [2.24, 2.45) is 5.73 Å². The van der Waals surface area contributed by atoms with Crippen molar-refractivity contribution >= 4 is 27.2 Å². The highest BCUT2D eigenvalue weighted by Gasteiger charge is 2.24. The Hall–Kier alpha value is -0.980. The van der Waals surface area contributed by atoms with Crippen molar-refractivity contribution in [1.29, 1.82) is 0 Å². The Morgan fingerprint density at radius 3 is 2.56 bits per heavy atom. The minimum absolute atomic E-state index is 0.0885. The quantitative estimate of drug-likeness (QED) is 0.821. The van der Waals surface area contributed by atoms with E-state index >= 15 is 0 Å². The fourth-order valence-corrected chi connectivity index (χ4v) is 3.51. The van der Waals surface area contributed by atoms with Gasteiger partial charge in [0, 0.05) is 11.6 Å². The Morgan fingerprint density at radius 1 is 1.44 bits per heavy atom. The largest absolute Gasteiger partial charge is 0.389 e. The normalized spacial score (nSPS) is 16.3. The van der Waals surface area contributed by atoms with Crippen LogP contribution in [0.1, 0.15) is 30.4 Å². The van der Waals surface area contributed by atoms with Gasteiger partial charge in [0.1, 0.15) is 4.99 Å². The molecule has 0 unspecified atom stereocenters. The van der Waals surface area contributed by atoms with Crippen molar-refractivity contribution < 1.29 is 8.42 Å². The topological polar surface area (TPSA) is 72.2 Å². The molecule has 4 nitrogen and oxygen atoms in total. The molecule has 0 aromatic heterocycles. The average Bonchev–Trinajstić information content (AvgIpc) is 2.23. The number of aryl methyl sites for hydroxylation is 1. The molecule has 0 radical (unpaired) electrons. The van der Waals surface area contributed by atoms with Crippen LogP contribution >= 0.6 is 12.2 Å². The SMILES string of the molecule is Cc1cc(S(=O)(=O)NC2CCC2)ccc1C(N)=S. The first-order valence-corrected chi connectivity index (χ1v) is 7.72. The van der Waals surface area contributed by atoms with Gasteiger partial charge in [-0.3, -0.25) is 0 Å². The number of sulfonamides is 1. The van der Waals surface area contributed by atoms with Crippen LogP contribution in [-0.2, 0) is 10.0 Å². The first kappa shape index (κ1) is 13.5. The summed E-state index contributed by atoms with van der Waals surface area (Å²) in [6, 6.07) is 4.90. The Bertz CT molecular complexity index is 578. The molecule has 6 heteroatoms. The molecule has 0 saturated heterocycles. The third-order valence-electron chi connectivity index (χ3n) is 3.20.